The lowest BCUT2D eigenvalue weighted by atomic mass is 10.1. The molecule has 30 heavy (non-hydrogen) atoms. The van der Waals surface area contributed by atoms with Crippen molar-refractivity contribution in [3.05, 3.63) is 58.9 Å². The topological polar surface area (TPSA) is 57.9 Å². The van der Waals surface area contributed by atoms with Crippen LogP contribution < -0.4 is 10.2 Å². The summed E-state index contributed by atoms with van der Waals surface area (Å²) in [6, 6.07) is 12.5. The van der Waals surface area contributed by atoms with Crippen LogP contribution in [-0.2, 0) is 4.74 Å². The highest BCUT2D eigenvalue weighted by Crippen LogP contribution is 2.35. The minimum atomic E-state index is -0.499. The van der Waals surface area contributed by atoms with Crippen molar-refractivity contribution in [2.24, 2.45) is 4.99 Å². The lowest BCUT2D eigenvalue weighted by molar-refractivity contribution is 0.171. The Morgan fingerprint density at radius 3 is 3.00 bits per heavy atom. The lowest BCUT2D eigenvalue weighted by Gasteiger charge is -2.41. The molecule has 0 fully saturated rings. The van der Waals surface area contributed by atoms with Crippen molar-refractivity contribution in [3.63, 3.8) is 0 Å². The number of aromatic nitrogens is 2. The number of guanidine groups is 1. The molecular weight excluding hydrogens is 407 g/mol. The Labute approximate surface area is 178 Å². The quantitative estimate of drug-likeness (QED) is 0.631. The van der Waals surface area contributed by atoms with E-state index in [0.717, 1.165) is 29.9 Å². The molecular formula is C21H22ClFN6O. The number of fused-ring (bicyclic) bond motifs is 5. The number of hydrogen-bond acceptors (Lipinski definition) is 6. The zero-order chi connectivity index (χ0) is 20.7. The largest absolute Gasteiger partial charge is 0.385 e. The molecule has 1 atom stereocenters. The normalized spacial score (nSPS) is 18.7. The maximum absolute atomic E-state index is 14.8. The number of rotatable bonds is 5. The number of ether oxygens (including phenoxy) is 1. The van der Waals surface area contributed by atoms with E-state index in [1.165, 1.54) is 6.07 Å². The van der Waals surface area contributed by atoms with Gasteiger partial charge in [-0.3, -0.25) is 14.4 Å². The molecule has 0 saturated carbocycles. The van der Waals surface area contributed by atoms with E-state index in [4.69, 9.17) is 26.3 Å². The van der Waals surface area contributed by atoms with Gasteiger partial charge in [-0.15, -0.1) is 0 Å². The SMILES string of the molecule is COCCCN1CN=C2N[C@H](c3cc(Cl)ccc3F)n3c(nc4ccccc43)N2C1. The van der Waals surface area contributed by atoms with Crippen LogP contribution in [0.1, 0.15) is 18.2 Å². The minimum absolute atomic E-state index is 0.327. The fourth-order valence-corrected chi connectivity index (χ4v) is 4.20. The van der Waals surface area contributed by atoms with Crippen LogP contribution in [0.25, 0.3) is 11.0 Å². The summed E-state index contributed by atoms with van der Waals surface area (Å²) in [7, 11) is 1.71. The molecule has 2 aromatic carbocycles. The molecule has 156 valence electrons. The third-order valence-electron chi connectivity index (χ3n) is 5.44. The number of anilines is 1. The standard InChI is InChI=1S/C21H22ClFN6O/c1-30-10-4-9-27-12-24-20-26-19(15-11-14(22)7-8-16(15)23)29-18-6-3-2-5-17(18)25-21(29)28(20)13-27/h2-3,5-8,11,19H,4,9-10,12-13H2,1H3,(H,24,26)/t19-/m0/s1. The first kappa shape index (κ1) is 19.3. The molecule has 3 heterocycles. The number of imidazole rings is 1. The smallest absolute Gasteiger partial charge is 0.216 e. The summed E-state index contributed by atoms with van der Waals surface area (Å²) in [6.07, 6.45) is 0.427. The molecule has 7 nitrogen and oxygen atoms in total. The van der Waals surface area contributed by atoms with E-state index in [-0.39, 0.29) is 5.82 Å². The van der Waals surface area contributed by atoms with Crippen LogP contribution in [0.3, 0.4) is 0 Å². The Bertz CT molecular complexity index is 1120. The highest BCUT2D eigenvalue weighted by atomic mass is 35.5. The molecule has 9 heteroatoms. The number of halogens is 2. The highest BCUT2D eigenvalue weighted by Gasteiger charge is 2.36. The molecule has 0 saturated heterocycles. The lowest BCUT2D eigenvalue weighted by Crippen LogP contribution is -2.57. The molecule has 1 aromatic heterocycles. The highest BCUT2D eigenvalue weighted by molar-refractivity contribution is 6.30. The molecule has 0 aliphatic carbocycles. The Kier molecular flexibility index (Phi) is 5.06. The molecule has 1 N–H and O–H groups in total. The summed E-state index contributed by atoms with van der Waals surface area (Å²) >= 11 is 6.20. The molecule has 0 unspecified atom stereocenters. The first-order valence-electron chi connectivity index (χ1n) is 9.87. The second kappa shape index (κ2) is 7.86. The number of methoxy groups -OCH3 is 1. The van der Waals surface area contributed by atoms with Gasteiger partial charge < -0.3 is 10.1 Å². The van der Waals surface area contributed by atoms with Crippen LogP contribution >= 0.6 is 11.6 Å². The van der Waals surface area contributed by atoms with Crippen molar-refractivity contribution in [1.82, 2.24) is 19.8 Å². The third-order valence-corrected chi connectivity index (χ3v) is 5.67. The zero-order valence-corrected chi connectivity index (χ0v) is 17.3. The van der Waals surface area contributed by atoms with Gasteiger partial charge in [0.1, 0.15) is 12.0 Å². The van der Waals surface area contributed by atoms with Gasteiger partial charge in [-0.25, -0.2) is 14.4 Å². The number of aliphatic imine (C=N–C) groups is 1. The van der Waals surface area contributed by atoms with Crippen molar-refractivity contribution in [3.8, 4) is 0 Å². The first-order valence-corrected chi connectivity index (χ1v) is 10.3. The average molecular weight is 429 g/mol. The summed E-state index contributed by atoms with van der Waals surface area (Å²) in [5.74, 6) is 1.09. The van der Waals surface area contributed by atoms with Gasteiger partial charge in [-0.1, -0.05) is 23.7 Å². The molecule has 0 spiro atoms. The van der Waals surface area contributed by atoms with Gasteiger partial charge in [-0.2, -0.15) is 0 Å². The summed E-state index contributed by atoms with van der Waals surface area (Å²) in [4.78, 5) is 13.8. The number of nitrogens with one attached hydrogen (secondary N) is 1. The predicted octanol–water partition coefficient (Wildman–Crippen LogP) is 3.41. The maximum atomic E-state index is 14.8. The monoisotopic (exact) mass is 428 g/mol. The minimum Gasteiger partial charge on any atom is -0.385 e. The van der Waals surface area contributed by atoms with Crippen molar-refractivity contribution in [2.75, 3.05) is 38.5 Å². The van der Waals surface area contributed by atoms with Gasteiger partial charge in [0.25, 0.3) is 0 Å². The molecule has 3 aromatic rings. The van der Waals surface area contributed by atoms with Gasteiger partial charge in [0.2, 0.25) is 11.9 Å². The molecule has 0 radical (unpaired) electrons. The van der Waals surface area contributed by atoms with Crippen LogP contribution in [0.5, 0.6) is 0 Å². The van der Waals surface area contributed by atoms with E-state index in [2.05, 4.69) is 10.2 Å². The van der Waals surface area contributed by atoms with Gasteiger partial charge in [0.05, 0.1) is 24.4 Å². The summed E-state index contributed by atoms with van der Waals surface area (Å²) in [6.45, 7) is 2.78. The summed E-state index contributed by atoms with van der Waals surface area (Å²) in [5, 5.41) is 3.89. The number of nitrogens with zero attached hydrogens (tertiary/aromatic N) is 5. The zero-order valence-electron chi connectivity index (χ0n) is 16.6. The van der Waals surface area contributed by atoms with Gasteiger partial charge in [-0.05, 0) is 36.8 Å². The Morgan fingerprint density at radius 2 is 2.13 bits per heavy atom. The first-order chi connectivity index (χ1) is 14.7. The van der Waals surface area contributed by atoms with E-state index in [1.54, 1.807) is 19.2 Å². The van der Waals surface area contributed by atoms with Crippen LogP contribution in [0.15, 0.2) is 47.5 Å². The predicted molar refractivity (Wildman–Crippen MR) is 115 cm³/mol. The van der Waals surface area contributed by atoms with Crippen molar-refractivity contribution in [2.45, 2.75) is 12.6 Å². The van der Waals surface area contributed by atoms with Crippen molar-refractivity contribution >= 4 is 34.5 Å². The number of para-hydroxylation sites is 2. The van der Waals surface area contributed by atoms with Crippen LogP contribution in [-0.4, -0.2) is 54.0 Å². The Balaban J connectivity index is 1.60. The van der Waals surface area contributed by atoms with E-state index < -0.39 is 6.17 Å². The molecule has 0 amide bonds. The van der Waals surface area contributed by atoms with E-state index >= 15 is 0 Å². The van der Waals surface area contributed by atoms with Crippen molar-refractivity contribution < 1.29 is 9.13 Å². The van der Waals surface area contributed by atoms with E-state index in [9.17, 15) is 4.39 Å². The van der Waals surface area contributed by atoms with Crippen LogP contribution in [0, 0.1) is 5.82 Å². The van der Waals surface area contributed by atoms with Gasteiger partial charge in [0.15, 0.2) is 0 Å². The maximum Gasteiger partial charge on any atom is 0.216 e. The Morgan fingerprint density at radius 1 is 1.27 bits per heavy atom. The fraction of sp³-hybridized carbons (Fsp3) is 0.333. The number of hydrogen-bond donors (Lipinski definition) is 1. The average Bonchev–Trinajstić information content (AvgIpc) is 3.15. The Hall–Kier alpha value is -2.68. The van der Waals surface area contributed by atoms with Crippen LogP contribution in [0.2, 0.25) is 5.02 Å². The third kappa shape index (κ3) is 3.30. The summed E-state index contributed by atoms with van der Waals surface area (Å²) in [5.41, 5.74) is 2.22. The number of benzene rings is 2. The van der Waals surface area contributed by atoms with Crippen LogP contribution in [0.4, 0.5) is 10.3 Å². The fourth-order valence-electron chi connectivity index (χ4n) is 4.02. The second-order valence-electron chi connectivity index (χ2n) is 7.42. The van der Waals surface area contributed by atoms with Gasteiger partial charge in [0, 0.05) is 30.8 Å². The van der Waals surface area contributed by atoms with Gasteiger partial charge >= 0.3 is 0 Å². The molecule has 0 bridgehead atoms. The summed E-state index contributed by atoms with van der Waals surface area (Å²) < 4.78 is 22.0. The second-order valence-corrected chi connectivity index (χ2v) is 7.85. The van der Waals surface area contributed by atoms with Crippen molar-refractivity contribution in [1.29, 1.82) is 0 Å². The molecule has 2 aliphatic heterocycles. The molecule has 2 aliphatic rings. The van der Waals surface area contributed by atoms with E-state index in [0.29, 0.717) is 36.5 Å². The molecule has 5 rings (SSSR count). The van der Waals surface area contributed by atoms with E-state index in [1.807, 2.05) is 33.7 Å².